The number of nitrogens with zero attached hydrogens (tertiary/aromatic N) is 1. The number of methoxy groups -OCH3 is 1. The van der Waals surface area contributed by atoms with Crippen LogP contribution in [0.4, 0.5) is 0 Å². The molecule has 6 heteroatoms. The fraction of sp³-hybridized carbons (Fsp3) is 0.300. The zero-order chi connectivity index (χ0) is 18.9. The number of carbonyl (C=O) groups is 2. The summed E-state index contributed by atoms with van der Waals surface area (Å²) in [5.41, 5.74) is -0.0924. The molecular weight excluding hydrogens is 354 g/mol. The van der Waals surface area contributed by atoms with Crippen molar-refractivity contribution in [1.82, 2.24) is 4.90 Å². The molecule has 0 bridgehead atoms. The lowest BCUT2D eigenvalue weighted by Gasteiger charge is -2.35. The first-order valence-electron chi connectivity index (χ1n) is 8.37. The van der Waals surface area contributed by atoms with Crippen molar-refractivity contribution in [3.8, 4) is 5.75 Å². The molecule has 0 aromatic heterocycles. The number of likely N-dealkylation sites (tertiary alicyclic amines) is 1. The van der Waals surface area contributed by atoms with Crippen molar-refractivity contribution < 1.29 is 19.4 Å². The lowest BCUT2D eigenvalue weighted by molar-refractivity contribution is -0.145. The highest BCUT2D eigenvalue weighted by atomic mass is 35.5. The first kappa shape index (κ1) is 18.3. The van der Waals surface area contributed by atoms with Crippen LogP contribution in [0.5, 0.6) is 5.75 Å². The summed E-state index contributed by atoms with van der Waals surface area (Å²) in [5, 5.41) is 10.8. The second kappa shape index (κ2) is 7.00. The maximum absolute atomic E-state index is 12.7. The van der Waals surface area contributed by atoms with Gasteiger partial charge in [-0.3, -0.25) is 9.59 Å². The van der Waals surface area contributed by atoms with E-state index in [2.05, 4.69) is 0 Å². The number of hydrogen-bond donors (Lipinski definition) is 1. The van der Waals surface area contributed by atoms with Crippen molar-refractivity contribution in [3.63, 3.8) is 0 Å². The number of amides is 1. The van der Waals surface area contributed by atoms with Crippen LogP contribution in [0.15, 0.2) is 48.5 Å². The Balaban J connectivity index is 2.24. The SMILES string of the molecule is CCN1C(=O)CC(C(=O)O)(c2ccc(Cl)cc2)C1c1cccc(OC)c1. The minimum absolute atomic E-state index is 0.0975. The van der Waals surface area contributed by atoms with Crippen LogP contribution in [-0.2, 0) is 15.0 Å². The first-order valence-corrected chi connectivity index (χ1v) is 8.74. The van der Waals surface area contributed by atoms with Gasteiger partial charge in [-0.05, 0) is 42.3 Å². The van der Waals surface area contributed by atoms with Gasteiger partial charge in [-0.2, -0.15) is 0 Å². The number of carbonyl (C=O) groups excluding carboxylic acids is 1. The molecule has 1 amide bonds. The summed E-state index contributed by atoms with van der Waals surface area (Å²) in [6.45, 7) is 2.27. The van der Waals surface area contributed by atoms with Crippen molar-refractivity contribution in [2.24, 2.45) is 0 Å². The van der Waals surface area contributed by atoms with Crippen LogP contribution < -0.4 is 4.74 Å². The normalized spacial score (nSPS) is 22.5. The zero-order valence-electron chi connectivity index (χ0n) is 14.6. The standard InChI is InChI=1S/C20H20ClNO4/c1-3-22-17(23)12-20(19(24)25,14-7-9-15(21)10-8-14)18(22)13-5-4-6-16(11-13)26-2/h4-11,18H,3,12H2,1-2H3,(H,24,25). The molecule has 26 heavy (non-hydrogen) atoms. The van der Waals surface area contributed by atoms with Gasteiger partial charge in [-0.15, -0.1) is 0 Å². The summed E-state index contributed by atoms with van der Waals surface area (Å²) >= 11 is 5.98. The predicted octanol–water partition coefficient (Wildman–Crippen LogP) is 3.66. The van der Waals surface area contributed by atoms with E-state index in [4.69, 9.17) is 16.3 Å². The monoisotopic (exact) mass is 373 g/mol. The van der Waals surface area contributed by atoms with E-state index in [0.717, 1.165) is 5.56 Å². The molecule has 0 aliphatic carbocycles. The van der Waals surface area contributed by atoms with Crippen LogP contribution in [0.2, 0.25) is 5.02 Å². The third-order valence-electron chi connectivity index (χ3n) is 5.02. The van der Waals surface area contributed by atoms with E-state index in [-0.39, 0.29) is 12.3 Å². The van der Waals surface area contributed by atoms with Gasteiger partial charge in [0.25, 0.3) is 0 Å². The van der Waals surface area contributed by atoms with Gasteiger partial charge >= 0.3 is 5.97 Å². The fourth-order valence-corrected chi connectivity index (χ4v) is 3.93. The maximum Gasteiger partial charge on any atom is 0.317 e. The van der Waals surface area contributed by atoms with Crippen LogP contribution >= 0.6 is 11.6 Å². The molecule has 2 aromatic carbocycles. The summed E-state index contributed by atoms with van der Waals surface area (Å²) < 4.78 is 5.29. The third kappa shape index (κ3) is 2.82. The van der Waals surface area contributed by atoms with Crippen molar-refractivity contribution in [1.29, 1.82) is 0 Å². The molecule has 2 unspecified atom stereocenters. The van der Waals surface area contributed by atoms with E-state index < -0.39 is 17.4 Å². The number of rotatable bonds is 5. The molecular formula is C20H20ClNO4. The van der Waals surface area contributed by atoms with E-state index in [0.29, 0.717) is 22.9 Å². The van der Waals surface area contributed by atoms with Crippen molar-refractivity contribution in [3.05, 3.63) is 64.7 Å². The third-order valence-corrected chi connectivity index (χ3v) is 5.27. The molecule has 0 spiro atoms. The van der Waals surface area contributed by atoms with Gasteiger partial charge in [0.15, 0.2) is 0 Å². The van der Waals surface area contributed by atoms with Crippen molar-refractivity contribution in [2.45, 2.75) is 24.8 Å². The number of carboxylic acids is 1. The average Bonchev–Trinajstić information content (AvgIpc) is 2.95. The molecule has 1 N–H and O–H groups in total. The quantitative estimate of drug-likeness (QED) is 0.868. The highest BCUT2D eigenvalue weighted by molar-refractivity contribution is 6.30. The molecule has 0 radical (unpaired) electrons. The number of ether oxygens (including phenoxy) is 1. The Morgan fingerprint density at radius 2 is 2.00 bits per heavy atom. The number of aliphatic carboxylic acids is 1. The molecule has 136 valence electrons. The molecule has 1 fully saturated rings. The maximum atomic E-state index is 12.7. The molecule has 5 nitrogen and oxygen atoms in total. The second-order valence-corrected chi connectivity index (χ2v) is 6.76. The van der Waals surface area contributed by atoms with E-state index >= 15 is 0 Å². The molecule has 1 heterocycles. The lowest BCUT2D eigenvalue weighted by atomic mass is 9.71. The highest BCUT2D eigenvalue weighted by Gasteiger charge is 2.58. The Bertz CT molecular complexity index is 836. The number of benzene rings is 2. The van der Waals surface area contributed by atoms with Gasteiger partial charge in [0, 0.05) is 18.0 Å². The minimum Gasteiger partial charge on any atom is -0.497 e. The zero-order valence-corrected chi connectivity index (χ0v) is 15.4. The van der Waals surface area contributed by atoms with Crippen LogP contribution in [0.25, 0.3) is 0 Å². The van der Waals surface area contributed by atoms with Crippen molar-refractivity contribution in [2.75, 3.05) is 13.7 Å². The summed E-state index contributed by atoms with van der Waals surface area (Å²) in [6.07, 6.45) is -0.0975. The summed E-state index contributed by atoms with van der Waals surface area (Å²) in [4.78, 5) is 26.8. The second-order valence-electron chi connectivity index (χ2n) is 6.32. The Hall–Kier alpha value is -2.53. The lowest BCUT2D eigenvalue weighted by Crippen LogP contribution is -2.42. The number of carboxylic acid groups (broad SMARTS) is 1. The Labute approximate surface area is 157 Å². The largest absolute Gasteiger partial charge is 0.497 e. The van der Waals surface area contributed by atoms with Crippen molar-refractivity contribution >= 4 is 23.5 Å². The van der Waals surface area contributed by atoms with Crippen LogP contribution in [0.1, 0.15) is 30.5 Å². The van der Waals surface area contributed by atoms with Crippen LogP contribution in [0.3, 0.4) is 0 Å². The van der Waals surface area contributed by atoms with E-state index in [1.54, 1.807) is 54.5 Å². The Morgan fingerprint density at radius 3 is 2.58 bits per heavy atom. The highest BCUT2D eigenvalue weighted by Crippen LogP contribution is 2.50. The van der Waals surface area contributed by atoms with Crippen LogP contribution in [0, 0.1) is 0 Å². The average molecular weight is 374 g/mol. The fourth-order valence-electron chi connectivity index (χ4n) is 3.81. The molecule has 1 aliphatic rings. The van der Waals surface area contributed by atoms with Gasteiger partial charge in [-0.25, -0.2) is 0 Å². The Kier molecular flexibility index (Phi) is 4.92. The summed E-state index contributed by atoms with van der Waals surface area (Å²) in [5.74, 6) is -0.595. The molecule has 1 aliphatic heterocycles. The van der Waals surface area contributed by atoms with Gasteiger partial charge in [0.1, 0.15) is 11.2 Å². The smallest absolute Gasteiger partial charge is 0.317 e. The number of likely N-dealkylation sites (N-methyl/N-ethyl adjacent to an activating group) is 1. The number of hydrogen-bond acceptors (Lipinski definition) is 3. The molecule has 2 aromatic rings. The Morgan fingerprint density at radius 1 is 1.31 bits per heavy atom. The van der Waals surface area contributed by atoms with Gasteiger partial charge in [-0.1, -0.05) is 35.9 Å². The van der Waals surface area contributed by atoms with Crippen LogP contribution in [-0.4, -0.2) is 35.5 Å². The molecule has 1 saturated heterocycles. The summed E-state index contributed by atoms with van der Waals surface area (Å²) in [6, 6.07) is 13.3. The van der Waals surface area contributed by atoms with E-state index in [1.807, 2.05) is 13.0 Å². The minimum atomic E-state index is -1.38. The molecule has 3 rings (SSSR count). The molecule has 2 atom stereocenters. The first-order chi connectivity index (χ1) is 12.4. The predicted molar refractivity (Wildman–Crippen MR) is 98.5 cm³/mol. The topological polar surface area (TPSA) is 66.8 Å². The van der Waals surface area contributed by atoms with Gasteiger partial charge in [0.05, 0.1) is 13.2 Å². The molecule has 0 saturated carbocycles. The van der Waals surface area contributed by atoms with E-state index in [1.165, 1.54) is 0 Å². The van der Waals surface area contributed by atoms with Gasteiger partial charge in [0.2, 0.25) is 5.91 Å². The summed E-state index contributed by atoms with van der Waals surface area (Å²) in [7, 11) is 1.56. The number of halogens is 1. The van der Waals surface area contributed by atoms with E-state index in [9.17, 15) is 14.7 Å². The van der Waals surface area contributed by atoms with Gasteiger partial charge < -0.3 is 14.7 Å².